The normalized spacial score (nSPS) is 26.5. The molecule has 3 atom stereocenters. The molecule has 1 fully saturated rings. The Kier molecular flexibility index (Phi) is 2.52. The van der Waals surface area contributed by atoms with E-state index in [0.29, 0.717) is 11.8 Å². The highest BCUT2D eigenvalue weighted by molar-refractivity contribution is 5.66. The van der Waals surface area contributed by atoms with Gasteiger partial charge in [-0.05, 0) is 11.1 Å². The number of carbonyl (C=O) groups excluding carboxylic acids is 1. The summed E-state index contributed by atoms with van der Waals surface area (Å²) in [6.45, 7) is 0. The maximum Gasteiger partial charge on any atom is 0.124 e. The van der Waals surface area contributed by atoms with Crippen LogP contribution in [0.25, 0.3) is 0 Å². The molecule has 0 bridgehead atoms. The monoisotopic (exact) mass is 222 g/mol. The summed E-state index contributed by atoms with van der Waals surface area (Å²) in [4.78, 5) is 11.1. The standard InChI is InChI=1S/C16H14O/c17-11-14-15(12-7-3-1-4-8-12)16(14)13-9-5-2-6-10-13/h1-11,14-16H/t14?,15-,16+. The molecule has 17 heavy (non-hydrogen) atoms. The minimum absolute atomic E-state index is 0.153. The van der Waals surface area contributed by atoms with Crippen LogP contribution in [-0.4, -0.2) is 6.29 Å². The lowest BCUT2D eigenvalue weighted by atomic mass is 10.0. The molecule has 0 radical (unpaired) electrons. The SMILES string of the molecule is O=CC1[C@@H](c2ccccc2)[C@H]1c1ccccc1. The molecule has 1 saturated carbocycles. The van der Waals surface area contributed by atoms with Gasteiger partial charge in [0.2, 0.25) is 0 Å². The Labute approximate surface area is 101 Å². The quantitative estimate of drug-likeness (QED) is 0.727. The predicted molar refractivity (Wildman–Crippen MR) is 67.9 cm³/mol. The Balaban J connectivity index is 1.91. The van der Waals surface area contributed by atoms with Gasteiger partial charge in [0.05, 0.1) is 0 Å². The van der Waals surface area contributed by atoms with Gasteiger partial charge in [-0.1, -0.05) is 60.7 Å². The van der Waals surface area contributed by atoms with Crippen LogP contribution in [0.4, 0.5) is 0 Å². The highest BCUT2D eigenvalue weighted by Gasteiger charge is 2.51. The predicted octanol–water partition coefficient (Wildman–Crippen LogP) is 3.38. The molecule has 0 spiro atoms. The molecule has 1 aliphatic rings. The zero-order valence-electron chi connectivity index (χ0n) is 9.49. The van der Waals surface area contributed by atoms with E-state index < -0.39 is 0 Å². The minimum atomic E-state index is 0.153. The molecule has 1 nitrogen and oxygen atoms in total. The molecular formula is C16H14O. The van der Waals surface area contributed by atoms with Crippen molar-refractivity contribution in [2.24, 2.45) is 5.92 Å². The highest BCUT2D eigenvalue weighted by atomic mass is 16.1. The molecule has 0 aliphatic heterocycles. The summed E-state index contributed by atoms with van der Waals surface area (Å²) in [5.41, 5.74) is 2.55. The molecule has 0 amide bonds. The zero-order valence-corrected chi connectivity index (χ0v) is 9.49. The molecule has 0 heterocycles. The summed E-state index contributed by atoms with van der Waals surface area (Å²) in [6.07, 6.45) is 1.11. The second-order valence-electron chi connectivity index (χ2n) is 4.59. The molecule has 0 N–H and O–H groups in total. The summed E-state index contributed by atoms with van der Waals surface area (Å²) < 4.78 is 0. The van der Waals surface area contributed by atoms with Crippen molar-refractivity contribution in [3.8, 4) is 0 Å². The number of hydrogen-bond donors (Lipinski definition) is 0. The molecule has 0 saturated heterocycles. The average Bonchev–Trinajstić information content (AvgIpc) is 3.15. The van der Waals surface area contributed by atoms with Crippen LogP contribution in [0.5, 0.6) is 0 Å². The van der Waals surface area contributed by atoms with Crippen molar-refractivity contribution in [3.05, 3.63) is 71.8 Å². The Morgan fingerprint density at radius 3 is 1.47 bits per heavy atom. The van der Waals surface area contributed by atoms with E-state index in [1.807, 2.05) is 36.4 Å². The molecule has 1 heteroatoms. The van der Waals surface area contributed by atoms with Gasteiger partial charge >= 0.3 is 0 Å². The Hall–Kier alpha value is -1.89. The molecule has 1 unspecified atom stereocenters. The van der Waals surface area contributed by atoms with Gasteiger partial charge in [0.1, 0.15) is 6.29 Å². The third kappa shape index (κ3) is 1.78. The second kappa shape index (κ2) is 4.17. The van der Waals surface area contributed by atoms with Crippen LogP contribution < -0.4 is 0 Å². The lowest BCUT2D eigenvalue weighted by Gasteiger charge is -2.00. The van der Waals surface area contributed by atoms with E-state index >= 15 is 0 Å². The van der Waals surface area contributed by atoms with Gasteiger partial charge in [-0.15, -0.1) is 0 Å². The summed E-state index contributed by atoms with van der Waals surface area (Å²) in [6, 6.07) is 20.6. The van der Waals surface area contributed by atoms with E-state index in [4.69, 9.17) is 0 Å². The fourth-order valence-electron chi connectivity index (χ4n) is 2.71. The van der Waals surface area contributed by atoms with Gasteiger partial charge in [-0.3, -0.25) is 0 Å². The van der Waals surface area contributed by atoms with Crippen molar-refractivity contribution in [1.29, 1.82) is 0 Å². The van der Waals surface area contributed by atoms with Crippen molar-refractivity contribution in [3.63, 3.8) is 0 Å². The van der Waals surface area contributed by atoms with Crippen molar-refractivity contribution in [1.82, 2.24) is 0 Å². The summed E-state index contributed by atoms with van der Waals surface area (Å²) >= 11 is 0. The van der Waals surface area contributed by atoms with Crippen LogP contribution in [0.1, 0.15) is 23.0 Å². The number of carbonyl (C=O) groups is 1. The maximum atomic E-state index is 11.1. The first-order chi connectivity index (χ1) is 8.42. The van der Waals surface area contributed by atoms with E-state index in [-0.39, 0.29) is 5.92 Å². The Bertz CT molecular complexity index is 458. The van der Waals surface area contributed by atoms with Crippen LogP contribution in [0.15, 0.2) is 60.7 Å². The minimum Gasteiger partial charge on any atom is -0.303 e. The van der Waals surface area contributed by atoms with E-state index in [2.05, 4.69) is 24.3 Å². The van der Waals surface area contributed by atoms with Crippen molar-refractivity contribution < 1.29 is 4.79 Å². The molecule has 3 rings (SSSR count). The third-order valence-electron chi connectivity index (χ3n) is 3.60. The Morgan fingerprint density at radius 2 is 1.12 bits per heavy atom. The third-order valence-corrected chi connectivity index (χ3v) is 3.60. The van der Waals surface area contributed by atoms with E-state index in [0.717, 1.165) is 6.29 Å². The second-order valence-corrected chi connectivity index (χ2v) is 4.59. The molecule has 84 valence electrons. The van der Waals surface area contributed by atoms with Crippen molar-refractivity contribution in [2.75, 3.05) is 0 Å². The van der Waals surface area contributed by atoms with Gasteiger partial charge in [0.25, 0.3) is 0 Å². The number of hydrogen-bond acceptors (Lipinski definition) is 1. The molecule has 0 aromatic heterocycles. The van der Waals surface area contributed by atoms with Crippen molar-refractivity contribution in [2.45, 2.75) is 11.8 Å². The fraction of sp³-hybridized carbons (Fsp3) is 0.188. The van der Waals surface area contributed by atoms with Gasteiger partial charge < -0.3 is 4.79 Å². The van der Waals surface area contributed by atoms with Crippen molar-refractivity contribution >= 4 is 6.29 Å². The number of aldehydes is 1. The maximum absolute atomic E-state index is 11.1. The number of rotatable bonds is 3. The fourth-order valence-corrected chi connectivity index (χ4v) is 2.71. The zero-order chi connectivity index (χ0) is 11.7. The van der Waals surface area contributed by atoms with Crippen LogP contribution in [-0.2, 0) is 4.79 Å². The molecule has 2 aromatic rings. The van der Waals surface area contributed by atoms with Gasteiger partial charge in [-0.2, -0.15) is 0 Å². The van der Waals surface area contributed by atoms with Gasteiger partial charge in [0, 0.05) is 17.8 Å². The van der Waals surface area contributed by atoms with E-state index in [1.54, 1.807) is 0 Å². The molecule has 2 aromatic carbocycles. The van der Waals surface area contributed by atoms with Crippen LogP contribution >= 0.6 is 0 Å². The lowest BCUT2D eigenvalue weighted by molar-refractivity contribution is -0.109. The van der Waals surface area contributed by atoms with Gasteiger partial charge in [-0.25, -0.2) is 0 Å². The topological polar surface area (TPSA) is 17.1 Å². The summed E-state index contributed by atoms with van der Waals surface area (Å²) in [7, 11) is 0. The molecular weight excluding hydrogens is 208 g/mol. The van der Waals surface area contributed by atoms with Crippen LogP contribution in [0, 0.1) is 5.92 Å². The first-order valence-corrected chi connectivity index (χ1v) is 5.97. The summed E-state index contributed by atoms with van der Waals surface area (Å²) in [5.74, 6) is 0.895. The van der Waals surface area contributed by atoms with E-state index in [9.17, 15) is 4.79 Å². The van der Waals surface area contributed by atoms with Gasteiger partial charge in [0.15, 0.2) is 0 Å². The molecule has 1 aliphatic carbocycles. The first-order valence-electron chi connectivity index (χ1n) is 5.97. The summed E-state index contributed by atoms with van der Waals surface area (Å²) in [5, 5.41) is 0. The van der Waals surface area contributed by atoms with Crippen LogP contribution in [0.3, 0.4) is 0 Å². The Morgan fingerprint density at radius 1 is 0.706 bits per heavy atom. The highest BCUT2D eigenvalue weighted by Crippen LogP contribution is 2.59. The average molecular weight is 222 g/mol. The largest absolute Gasteiger partial charge is 0.303 e. The first kappa shape index (κ1) is 10.3. The van der Waals surface area contributed by atoms with Crippen LogP contribution in [0.2, 0.25) is 0 Å². The smallest absolute Gasteiger partial charge is 0.124 e. The number of benzene rings is 2. The lowest BCUT2D eigenvalue weighted by Crippen LogP contribution is -1.82. The van der Waals surface area contributed by atoms with E-state index in [1.165, 1.54) is 11.1 Å².